The molecule has 0 saturated heterocycles. The van der Waals surface area contributed by atoms with Crippen molar-refractivity contribution < 1.29 is 9.53 Å². The van der Waals surface area contributed by atoms with E-state index in [9.17, 15) is 4.79 Å². The van der Waals surface area contributed by atoms with Gasteiger partial charge >= 0.3 is 0 Å². The third-order valence-electron chi connectivity index (χ3n) is 4.60. The van der Waals surface area contributed by atoms with E-state index >= 15 is 0 Å². The van der Waals surface area contributed by atoms with Crippen molar-refractivity contribution in [2.45, 2.75) is 31.7 Å². The van der Waals surface area contributed by atoms with Crippen molar-refractivity contribution in [3.8, 4) is 5.75 Å². The molecule has 3 atom stereocenters. The van der Waals surface area contributed by atoms with Crippen LogP contribution in [0.5, 0.6) is 5.75 Å². The van der Waals surface area contributed by atoms with Gasteiger partial charge in [-0.1, -0.05) is 30.8 Å². The molecular weight excluding hydrogens is 284 g/mol. The number of nitrogens with one attached hydrogen (secondary N) is 1. The molecule has 0 heterocycles. The first kappa shape index (κ1) is 14.3. The van der Waals surface area contributed by atoms with E-state index in [2.05, 4.69) is 5.32 Å². The van der Waals surface area contributed by atoms with Crippen molar-refractivity contribution in [3.05, 3.63) is 29.8 Å². The number of nitrogens with two attached hydrogens (primary N) is 1. The SMILES string of the molecule is NC(=S)c1ccccc1OCC(=O)NC1CC2CCC1C2. The van der Waals surface area contributed by atoms with Gasteiger partial charge in [0.25, 0.3) is 5.91 Å². The highest BCUT2D eigenvalue weighted by molar-refractivity contribution is 7.80. The maximum atomic E-state index is 12.0. The molecule has 2 saturated carbocycles. The fourth-order valence-corrected chi connectivity index (χ4v) is 3.78. The molecule has 0 aliphatic heterocycles. The first-order valence-corrected chi connectivity index (χ1v) is 7.85. The Morgan fingerprint density at radius 3 is 2.81 bits per heavy atom. The van der Waals surface area contributed by atoms with E-state index in [4.69, 9.17) is 22.7 Å². The lowest BCUT2D eigenvalue weighted by atomic mass is 9.95. The third-order valence-corrected chi connectivity index (χ3v) is 4.82. The molecule has 4 nitrogen and oxygen atoms in total. The Balaban J connectivity index is 1.53. The van der Waals surface area contributed by atoms with Gasteiger partial charge in [-0.25, -0.2) is 0 Å². The van der Waals surface area contributed by atoms with Gasteiger partial charge in [-0.3, -0.25) is 4.79 Å². The van der Waals surface area contributed by atoms with Crippen molar-refractivity contribution >= 4 is 23.1 Å². The number of thiocarbonyl (C=S) groups is 1. The highest BCUT2D eigenvalue weighted by atomic mass is 32.1. The predicted octanol–water partition coefficient (Wildman–Crippen LogP) is 2.00. The fraction of sp³-hybridized carbons (Fsp3) is 0.500. The van der Waals surface area contributed by atoms with Gasteiger partial charge in [-0.05, 0) is 43.2 Å². The molecule has 3 N–H and O–H groups in total. The lowest BCUT2D eigenvalue weighted by molar-refractivity contribution is -0.124. The maximum absolute atomic E-state index is 12.0. The second-order valence-corrected chi connectivity index (χ2v) is 6.44. The minimum Gasteiger partial charge on any atom is -0.483 e. The molecule has 2 aliphatic rings. The summed E-state index contributed by atoms with van der Waals surface area (Å²) in [7, 11) is 0. The van der Waals surface area contributed by atoms with E-state index in [1.807, 2.05) is 12.1 Å². The minimum absolute atomic E-state index is 0.00745. The van der Waals surface area contributed by atoms with Crippen LogP contribution in [0.1, 0.15) is 31.2 Å². The first-order chi connectivity index (χ1) is 10.1. The Bertz CT molecular complexity index is 561. The molecule has 2 bridgehead atoms. The molecule has 112 valence electrons. The van der Waals surface area contributed by atoms with Crippen LogP contribution in [0.25, 0.3) is 0 Å². The van der Waals surface area contributed by atoms with E-state index in [-0.39, 0.29) is 17.5 Å². The maximum Gasteiger partial charge on any atom is 0.258 e. The van der Waals surface area contributed by atoms with E-state index < -0.39 is 0 Å². The molecule has 2 aliphatic carbocycles. The monoisotopic (exact) mass is 304 g/mol. The van der Waals surface area contributed by atoms with Crippen molar-refractivity contribution in [1.82, 2.24) is 5.32 Å². The van der Waals surface area contributed by atoms with Crippen LogP contribution in [-0.4, -0.2) is 23.5 Å². The molecule has 0 aromatic heterocycles. The molecule has 3 rings (SSSR count). The van der Waals surface area contributed by atoms with Crippen LogP contribution < -0.4 is 15.8 Å². The van der Waals surface area contributed by atoms with Crippen LogP contribution in [0.4, 0.5) is 0 Å². The zero-order chi connectivity index (χ0) is 14.8. The molecule has 1 aromatic rings. The average molecular weight is 304 g/mol. The number of hydrogen-bond acceptors (Lipinski definition) is 3. The normalized spacial score (nSPS) is 26.6. The summed E-state index contributed by atoms with van der Waals surface area (Å²) in [5.41, 5.74) is 6.31. The summed E-state index contributed by atoms with van der Waals surface area (Å²) in [5, 5.41) is 3.10. The lowest BCUT2D eigenvalue weighted by Gasteiger charge is -2.23. The third kappa shape index (κ3) is 3.18. The van der Waals surface area contributed by atoms with Crippen LogP contribution in [0.2, 0.25) is 0 Å². The number of ether oxygens (including phenoxy) is 1. The molecule has 21 heavy (non-hydrogen) atoms. The predicted molar refractivity (Wildman–Crippen MR) is 85.2 cm³/mol. The standard InChI is InChI=1S/C16H20N2O2S/c17-16(21)12-3-1-2-4-14(12)20-9-15(19)18-13-8-10-5-6-11(13)7-10/h1-4,10-11,13H,5-9H2,(H2,17,21)(H,18,19). The largest absolute Gasteiger partial charge is 0.483 e. The van der Waals surface area contributed by atoms with Gasteiger partial charge in [0.1, 0.15) is 10.7 Å². The Morgan fingerprint density at radius 2 is 2.14 bits per heavy atom. The smallest absolute Gasteiger partial charge is 0.258 e. The van der Waals surface area contributed by atoms with Gasteiger partial charge in [0.2, 0.25) is 0 Å². The number of para-hydroxylation sites is 1. The zero-order valence-corrected chi connectivity index (χ0v) is 12.7. The molecule has 0 spiro atoms. The van der Waals surface area contributed by atoms with Crippen molar-refractivity contribution in [2.24, 2.45) is 17.6 Å². The number of amides is 1. The van der Waals surface area contributed by atoms with Crippen LogP contribution in [0, 0.1) is 11.8 Å². The van der Waals surface area contributed by atoms with E-state index in [0.29, 0.717) is 23.3 Å². The first-order valence-electron chi connectivity index (χ1n) is 7.44. The number of carbonyl (C=O) groups is 1. The number of benzene rings is 1. The molecule has 0 radical (unpaired) electrons. The number of carbonyl (C=O) groups excluding carboxylic acids is 1. The number of fused-ring (bicyclic) bond motifs is 2. The van der Waals surface area contributed by atoms with Gasteiger partial charge in [0.15, 0.2) is 6.61 Å². The van der Waals surface area contributed by atoms with Crippen LogP contribution in [0.3, 0.4) is 0 Å². The Morgan fingerprint density at radius 1 is 1.33 bits per heavy atom. The van der Waals surface area contributed by atoms with Gasteiger partial charge < -0.3 is 15.8 Å². The second-order valence-electron chi connectivity index (χ2n) is 6.00. The van der Waals surface area contributed by atoms with Crippen LogP contribution >= 0.6 is 12.2 Å². The molecule has 5 heteroatoms. The Hall–Kier alpha value is -1.62. The summed E-state index contributed by atoms with van der Waals surface area (Å²) in [6.07, 6.45) is 4.98. The van der Waals surface area contributed by atoms with Crippen molar-refractivity contribution in [3.63, 3.8) is 0 Å². The lowest BCUT2D eigenvalue weighted by Crippen LogP contribution is -2.41. The van der Waals surface area contributed by atoms with Gasteiger partial charge in [-0.15, -0.1) is 0 Å². The summed E-state index contributed by atoms with van der Waals surface area (Å²) in [5.74, 6) is 1.98. The molecule has 2 fully saturated rings. The van der Waals surface area contributed by atoms with E-state index in [1.54, 1.807) is 12.1 Å². The minimum atomic E-state index is -0.0645. The summed E-state index contributed by atoms with van der Waals surface area (Å²) >= 11 is 4.98. The summed E-state index contributed by atoms with van der Waals surface area (Å²) in [4.78, 5) is 12.3. The highest BCUT2D eigenvalue weighted by Gasteiger charge is 2.40. The van der Waals surface area contributed by atoms with E-state index in [1.165, 1.54) is 19.3 Å². The fourth-order valence-electron chi connectivity index (χ4n) is 3.61. The summed E-state index contributed by atoms with van der Waals surface area (Å²) in [6.45, 7) is 0.00745. The van der Waals surface area contributed by atoms with Crippen molar-refractivity contribution in [2.75, 3.05) is 6.61 Å². The van der Waals surface area contributed by atoms with Crippen LogP contribution in [0.15, 0.2) is 24.3 Å². The Labute approximate surface area is 130 Å². The summed E-state index contributed by atoms with van der Waals surface area (Å²) in [6, 6.07) is 7.59. The van der Waals surface area contributed by atoms with Gasteiger partial charge in [-0.2, -0.15) is 0 Å². The van der Waals surface area contributed by atoms with Gasteiger partial charge in [0.05, 0.1) is 5.56 Å². The molecular formula is C16H20N2O2S. The number of rotatable bonds is 5. The zero-order valence-electron chi connectivity index (χ0n) is 11.9. The molecule has 3 unspecified atom stereocenters. The second kappa shape index (κ2) is 6.02. The number of hydrogen-bond donors (Lipinski definition) is 2. The average Bonchev–Trinajstić information content (AvgIpc) is 3.08. The Kier molecular flexibility index (Phi) is 4.10. The highest BCUT2D eigenvalue weighted by Crippen LogP contribution is 2.44. The van der Waals surface area contributed by atoms with Crippen LogP contribution in [-0.2, 0) is 4.79 Å². The summed E-state index contributed by atoms with van der Waals surface area (Å²) < 4.78 is 5.57. The topological polar surface area (TPSA) is 64.3 Å². The van der Waals surface area contributed by atoms with Gasteiger partial charge in [0, 0.05) is 6.04 Å². The van der Waals surface area contributed by atoms with Crippen molar-refractivity contribution in [1.29, 1.82) is 0 Å². The molecule has 1 aromatic carbocycles. The quantitative estimate of drug-likeness (QED) is 0.817. The van der Waals surface area contributed by atoms with E-state index in [0.717, 1.165) is 12.3 Å². The molecule has 1 amide bonds.